The summed E-state index contributed by atoms with van der Waals surface area (Å²) in [6.07, 6.45) is 0. The van der Waals surface area contributed by atoms with Gasteiger partial charge in [-0.05, 0) is 18.7 Å². The Morgan fingerprint density at radius 2 is 2.00 bits per heavy atom. The van der Waals surface area contributed by atoms with Gasteiger partial charge in [0.2, 0.25) is 0 Å². The third-order valence-corrected chi connectivity index (χ3v) is 2.76. The Labute approximate surface area is 89.9 Å². The molecule has 0 radical (unpaired) electrons. The van der Waals surface area contributed by atoms with Gasteiger partial charge in [0.05, 0.1) is 34.8 Å². The van der Waals surface area contributed by atoms with E-state index < -0.39 is 0 Å². The molecule has 0 aliphatic rings. The average molecular weight is 219 g/mol. The second kappa shape index (κ2) is 6.70. The molecule has 0 saturated carbocycles. The number of ether oxygens (including phenoxy) is 1. The van der Waals surface area contributed by atoms with Gasteiger partial charge in [0.25, 0.3) is 0 Å². The molecule has 0 amide bonds. The number of nitrogens with zero attached hydrogens (tertiary/aromatic N) is 2. The molecule has 4 nitrogen and oxygen atoms in total. The zero-order valence-electron chi connectivity index (χ0n) is 9.53. The first-order valence-corrected chi connectivity index (χ1v) is 5.47. The summed E-state index contributed by atoms with van der Waals surface area (Å²) in [6, 6.07) is 0. The summed E-state index contributed by atoms with van der Waals surface area (Å²) in [4.78, 5) is 13.1. The first-order valence-electron chi connectivity index (χ1n) is 4.49. The number of hydrogen-bond acceptors (Lipinski definition) is 3. The van der Waals surface area contributed by atoms with E-state index >= 15 is 0 Å². The number of carbonyl (C=O) groups is 1. The van der Waals surface area contributed by atoms with Crippen LogP contribution in [-0.2, 0) is 9.53 Å². The largest absolute Gasteiger partial charge is 0.465 e. The van der Waals surface area contributed by atoms with Gasteiger partial charge in [0.1, 0.15) is 5.75 Å². The molecule has 0 aromatic rings. The molecular weight excluding hydrogens is 200 g/mol. The van der Waals surface area contributed by atoms with Crippen LogP contribution in [0.15, 0.2) is 0 Å². The monoisotopic (exact) mass is 219 g/mol. The lowest BCUT2D eigenvalue weighted by atomic mass is 10.8. The van der Waals surface area contributed by atoms with Crippen LogP contribution in [0.5, 0.6) is 0 Å². The number of amidine groups is 1. The molecule has 0 aromatic carbocycles. The lowest BCUT2D eigenvalue weighted by Crippen LogP contribution is -2.28. The SMILES string of the molecule is CCOC(=O)CSC(N(C)C)=[N+](C)C. The number of thioether (sulfide) groups is 1. The van der Waals surface area contributed by atoms with E-state index in [0.29, 0.717) is 12.4 Å². The number of hydrogen-bond donors (Lipinski definition) is 0. The van der Waals surface area contributed by atoms with Gasteiger partial charge in [-0.15, -0.1) is 0 Å². The molecule has 0 unspecified atom stereocenters. The fraction of sp³-hybridized carbons (Fsp3) is 0.778. The second-order valence-corrected chi connectivity index (χ2v) is 4.11. The standard InChI is InChI=1S/C9H19N2O2S/c1-6-13-8(12)7-14-9(10(2)3)11(4)5/h6-7H2,1-5H3/q+1. The maximum absolute atomic E-state index is 11.1. The highest BCUT2D eigenvalue weighted by Crippen LogP contribution is 2.05. The number of rotatable bonds is 3. The van der Waals surface area contributed by atoms with Crippen LogP contribution in [0, 0.1) is 0 Å². The van der Waals surface area contributed by atoms with Crippen LogP contribution < -0.4 is 0 Å². The molecule has 0 aliphatic carbocycles. The summed E-state index contributed by atoms with van der Waals surface area (Å²) in [5.41, 5.74) is 0. The maximum atomic E-state index is 11.1. The highest BCUT2D eigenvalue weighted by Gasteiger charge is 2.15. The molecule has 0 heterocycles. The minimum absolute atomic E-state index is 0.168. The summed E-state index contributed by atoms with van der Waals surface area (Å²) < 4.78 is 6.82. The van der Waals surface area contributed by atoms with Crippen LogP contribution in [0.4, 0.5) is 0 Å². The van der Waals surface area contributed by atoms with Gasteiger partial charge < -0.3 is 4.74 Å². The van der Waals surface area contributed by atoms with Crippen molar-refractivity contribution < 1.29 is 14.1 Å². The third kappa shape index (κ3) is 5.11. The highest BCUT2D eigenvalue weighted by molar-refractivity contribution is 8.14. The Balaban J connectivity index is 4.09. The van der Waals surface area contributed by atoms with E-state index in [0.717, 1.165) is 5.17 Å². The van der Waals surface area contributed by atoms with Crippen molar-refractivity contribution in [1.29, 1.82) is 0 Å². The predicted molar refractivity (Wildman–Crippen MR) is 59.9 cm³/mol. The predicted octanol–water partition coefficient (Wildman–Crippen LogP) is 0.472. The Bertz CT molecular complexity index is 223. The summed E-state index contributed by atoms with van der Waals surface area (Å²) in [7, 11) is 7.81. The van der Waals surface area contributed by atoms with Crippen LogP contribution in [0.1, 0.15) is 6.92 Å². The zero-order valence-corrected chi connectivity index (χ0v) is 10.3. The molecule has 0 aliphatic heterocycles. The normalized spacial score (nSPS) is 9.50. The van der Waals surface area contributed by atoms with E-state index in [4.69, 9.17) is 4.74 Å². The topological polar surface area (TPSA) is 32.5 Å². The fourth-order valence-corrected chi connectivity index (χ4v) is 1.83. The Morgan fingerprint density at radius 3 is 2.36 bits per heavy atom. The van der Waals surface area contributed by atoms with Gasteiger partial charge in [-0.25, -0.2) is 0 Å². The van der Waals surface area contributed by atoms with Gasteiger partial charge in [0.15, 0.2) is 0 Å². The molecule has 0 saturated heterocycles. The molecule has 5 heteroatoms. The minimum Gasteiger partial charge on any atom is -0.465 e. The Kier molecular flexibility index (Phi) is 6.36. The molecule has 0 fully saturated rings. The van der Waals surface area contributed by atoms with Crippen molar-refractivity contribution in [3.8, 4) is 0 Å². The van der Waals surface area contributed by atoms with Crippen molar-refractivity contribution in [2.24, 2.45) is 0 Å². The van der Waals surface area contributed by atoms with E-state index in [1.807, 2.05) is 44.6 Å². The summed E-state index contributed by atoms with van der Waals surface area (Å²) in [5.74, 6) is 0.193. The summed E-state index contributed by atoms with van der Waals surface area (Å²) in [6.45, 7) is 2.25. The van der Waals surface area contributed by atoms with Crippen molar-refractivity contribution in [2.75, 3.05) is 40.6 Å². The van der Waals surface area contributed by atoms with Crippen molar-refractivity contribution in [3.63, 3.8) is 0 Å². The lowest BCUT2D eigenvalue weighted by molar-refractivity contribution is -0.466. The van der Waals surface area contributed by atoms with Crippen LogP contribution in [0.3, 0.4) is 0 Å². The van der Waals surface area contributed by atoms with Gasteiger partial charge in [0, 0.05) is 0 Å². The molecular formula is C9H19N2O2S+. The van der Waals surface area contributed by atoms with Gasteiger partial charge in [-0.3, -0.25) is 14.3 Å². The first-order chi connectivity index (χ1) is 6.49. The van der Waals surface area contributed by atoms with Crippen molar-refractivity contribution >= 4 is 22.9 Å². The molecule has 0 aromatic heterocycles. The van der Waals surface area contributed by atoms with E-state index in [1.165, 1.54) is 11.8 Å². The maximum Gasteiger partial charge on any atom is 0.316 e. The lowest BCUT2D eigenvalue weighted by Gasteiger charge is -2.09. The van der Waals surface area contributed by atoms with Crippen LogP contribution in [0.25, 0.3) is 0 Å². The molecule has 0 rings (SSSR count). The van der Waals surface area contributed by atoms with Crippen molar-refractivity contribution in [1.82, 2.24) is 4.90 Å². The van der Waals surface area contributed by atoms with Gasteiger partial charge >= 0.3 is 11.1 Å². The minimum atomic E-state index is -0.168. The quantitative estimate of drug-likeness (QED) is 0.299. The molecule has 0 bridgehead atoms. The number of esters is 1. The smallest absolute Gasteiger partial charge is 0.316 e. The van der Waals surface area contributed by atoms with Crippen LogP contribution >= 0.6 is 11.8 Å². The molecule has 82 valence electrons. The van der Waals surface area contributed by atoms with Gasteiger partial charge in [-0.2, -0.15) is 0 Å². The second-order valence-electron chi connectivity index (χ2n) is 3.17. The number of carbonyl (C=O) groups excluding carboxylic acids is 1. The van der Waals surface area contributed by atoms with Crippen molar-refractivity contribution in [3.05, 3.63) is 0 Å². The highest BCUT2D eigenvalue weighted by atomic mass is 32.2. The van der Waals surface area contributed by atoms with E-state index in [-0.39, 0.29) is 5.97 Å². The first kappa shape index (κ1) is 13.3. The molecule has 14 heavy (non-hydrogen) atoms. The van der Waals surface area contributed by atoms with Crippen molar-refractivity contribution in [2.45, 2.75) is 6.92 Å². The summed E-state index contributed by atoms with van der Waals surface area (Å²) >= 11 is 1.48. The molecule has 0 N–H and O–H groups in total. The van der Waals surface area contributed by atoms with E-state index in [9.17, 15) is 4.79 Å². The summed E-state index contributed by atoms with van der Waals surface area (Å²) in [5, 5.41) is 1.04. The van der Waals surface area contributed by atoms with E-state index in [1.54, 1.807) is 0 Å². The van der Waals surface area contributed by atoms with E-state index in [2.05, 4.69) is 0 Å². The fourth-order valence-electron chi connectivity index (χ4n) is 0.984. The van der Waals surface area contributed by atoms with Crippen LogP contribution in [0.2, 0.25) is 0 Å². The average Bonchev–Trinajstić information content (AvgIpc) is 2.03. The third-order valence-electron chi connectivity index (χ3n) is 1.39. The Hall–Kier alpha value is -0.710. The molecule has 0 atom stereocenters. The molecule has 0 spiro atoms. The zero-order chi connectivity index (χ0) is 11.1. The Morgan fingerprint density at radius 1 is 1.43 bits per heavy atom. The van der Waals surface area contributed by atoms with Gasteiger partial charge in [-0.1, -0.05) is 0 Å². The van der Waals surface area contributed by atoms with Crippen LogP contribution in [-0.4, -0.2) is 61.2 Å².